The Morgan fingerprint density at radius 2 is 1.73 bits per heavy atom. The van der Waals surface area contributed by atoms with E-state index in [1.54, 1.807) is 56.7 Å². The van der Waals surface area contributed by atoms with E-state index in [2.05, 4.69) is 10.5 Å². The molecule has 0 radical (unpaired) electrons. The van der Waals surface area contributed by atoms with Crippen molar-refractivity contribution in [3.8, 4) is 17.2 Å². The van der Waals surface area contributed by atoms with E-state index in [4.69, 9.17) is 25.8 Å². The molecular weight excluding hydrogens is 404 g/mol. The molecule has 0 aliphatic rings. The molecule has 1 amide bonds. The number of carbonyl (C=O) groups is 1. The molecule has 0 saturated carbocycles. The molecule has 6 nitrogen and oxygen atoms in total. The number of hydrogen-bond donors (Lipinski definition) is 1. The summed E-state index contributed by atoms with van der Waals surface area (Å²) in [6, 6.07) is 19.6. The maximum absolute atomic E-state index is 12.2. The molecule has 0 spiro atoms. The molecule has 0 aromatic heterocycles. The first-order chi connectivity index (χ1) is 14.6. The molecule has 3 rings (SSSR count). The zero-order valence-electron chi connectivity index (χ0n) is 16.6. The van der Waals surface area contributed by atoms with E-state index in [0.29, 0.717) is 40.0 Å². The van der Waals surface area contributed by atoms with Gasteiger partial charge in [-0.1, -0.05) is 29.8 Å². The summed E-state index contributed by atoms with van der Waals surface area (Å²) in [5.74, 6) is 1.43. The van der Waals surface area contributed by atoms with Crippen LogP contribution in [0, 0.1) is 0 Å². The molecule has 0 unspecified atom stereocenters. The van der Waals surface area contributed by atoms with Crippen molar-refractivity contribution in [2.75, 3.05) is 14.2 Å². The Labute approximate surface area is 180 Å². The minimum atomic E-state index is -0.333. The van der Waals surface area contributed by atoms with Gasteiger partial charge in [0, 0.05) is 16.1 Å². The first-order valence-electron chi connectivity index (χ1n) is 9.12. The number of methoxy groups -OCH3 is 2. The number of halogens is 1. The Balaban J connectivity index is 1.71. The molecule has 3 aromatic carbocycles. The summed E-state index contributed by atoms with van der Waals surface area (Å²) >= 11 is 5.92. The predicted molar refractivity (Wildman–Crippen MR) is 117 cm³/mol. The van der Waals surface area contributed by atoms with Crippen LogP contribution in [0.1, 0.15) is 21.5 Å². The highest BCUT2D eigenvalue weighted by molar-refractivity contribution is 6.30. The number of rotatable bonds is 8. The fourth-order valence-corrected chi connectivity index (χ4v) is 2.78. The molecule has 0 bridgehead atoms. The number of hydrogen-bond acceptors (Lipinski definition) is 5. The average molecular weight is 425 g/mol. The Hall–Kier alpha value is -3.51. The standard InChI is InChI=1S/C23H21ClN2O4/c1-28-20-12-8-17(9-13-20)23(27)26-25-14-18-4-3-5-21(29-2)22(18)30-15-16-6-10-19(24)11-7-16/h3-14H,15H2,1-2H3,(H,26,27). The highest BCUT2D eigenvalue weighted by Crippen LogP contribution is 2.31. The Morgan fingerprint density at radius 3 is 2.40 bits per heavy atom. The number of amides is 1. The Kier molecular flexibility index (Phi) is 7.29. The third-order valence-electron chi connectivity index (χ3n) is 4.25. The molecular formula is C23H21ClN2O4. The summed E-state index contributed by atoms with van der Waals surface area (Å²) in [7, 11) is 3.14. The van der Waals surface area contributed by atoms with Crippen LogP contribution in [0.3, 0.4) is 0 Å². The lowest BCUT2D eigenvalue weighted by molar-refractivity contribution is 0.0955. The molecule has 0 atom stereocenters. The lowest BCUT2D eigenvalue weighted by atomic mass is 10.2. The number of para-hydroxylation sites is 1. The maximum atomic E-state index is 12.2. The van der Waals surface area contributed by atoms with Crippen molar-refractivity contribution in [2.24, 2.45) is 5.10 Å². The van der Waals surface area contributed by atoms with Crippen LogP contribution >= 0.6 is 11.6 Å². The van der Waals surface area contributed by atoms with Gasteiger partial charge in [0.1, 0.15) is 12.4 Å². The predicted octanol–water partition coefficient (Wildman–Crippen LogP) is 4.70. The van der Waals surface area contributed by atoms with Gasteiger partial charge in [-0.2, -0.15) is 5.10 Å². The summed E-state index contributed by atoms with van der Waals surface area (Å²) in [6.07, 6.45) is 1.52. The second-order valence-corrected chi connectivity index (χ2v) is 6.66. The van der Waals surface area contributed by atoms with Crippen molar-refractivity contribution in [1.82, 2.24) is 5.43 Å². The number of ether oxygens (including phenoxy) is 3. The van der Waals surface area contributed by atoms with Crippen LogP contribution in [0.4, 0.5) is 0 Å². The van der Waals surface area contributed by atoms with E-state index in [1.807, 2.05) is 24.3 Å². The van der Waals surface area contributed by atoms with Gasteiger partial charge in [0.05, 0.1) is 20.4 Å². The summed E-state index contributed by atoms with van der Waals surface area (Å²) < 4.78 is 16.5. The third kappa shape index (κ3) is 5.52. The lowest BCUT2D eigenvalue weighted by Gasteiger charge is -2.13. The van der Waals surface area contributed by atoms with Crippen LogP contribution in [0.2, 0.25) is 5.02 Å². The van der Waals surface area contributed by atoms with Gasteiger partial charge >= 0.3 is 0 Å². The van der Waals surface area contributed by atoms with E-state index in [0.717, 1.165) is 5.56 Å². The molecule has 7 heteroatoms. The van der Waals surface area contributed by atoms with Gasteiger partial charge in [-0.15, -0.1) is 0 Å². The molecule has 30 heavy (non-hydrogen) atoms. The number of hydrazone groups is 1. The van der Waals surface area contributed by atoms with Crippen molar-refractivity contribution >= 4 is 23.7 Å². The van der Waals surface area contributed by atoms with E-state index in [9.17, 15) is 4.79 Å². The fraction of sp³-hybridized carbons (Fsp3) is 0.130. The number of nitrogens with one attached hydrogen (secondary N) is 1. The first kappa shape index (κ1) is 21.2. The highest BCUT2D eigenvalue weighted by atomic mass is 35.5. The fourth-order valence-electron chi connectivity index (χ4n) is 2.65. The molecule has 0 saturated heterocycles. The minimum Gasteiger partial charge on any atom is -0.497 e. The van der Waals surface area contributed by atoms with Crippen molar-refractivity contribution in [1.29, 1.82) is 0 Å². The van der Waals surface area contributed by atoms with Crippen LogP contribution in [0.25, 0.3) is 0 Å². The number of nitrogens with zero attached hydrogens (tertiary/aromatic N) is 1. The monoisotopic (exact) mass is 424 g/mol. The zero-order chi connectivity index (χ0) is 21.3. The molecule has 3 aromatic rings. The van der Waals surface area contributed by atoms with E-state index in [-0.39, 0.29) is 5.91 Å². The quantitative estimate of drug-likeness (QED) is 0.420. The zero-order valence-corrected chi connectivity index (χ0v) is 17.3. The van der Waals surface area contributed by atoms with Crippen molar-refractivity contribution < 1.29 is 19.0 Å². The molecule has 0 heterocycles. The average Bonchev–Trinajstić information content (AvgIpc) is 2.79. The smallest absolute Gasteiger partial charge is 0.271 e. The largest absolute Gasteiger partial charge is 0.497 e. The van der Waals surface area contributed by atoms with Crippen LogP contribution in [0.5, 0.6) is 17.2 Å². The van der Waals surface area contributed by atoms with E-state index < -0.39 is 0 Å². The molecule has 0 fully saturated rings. The topological polar surface area (TPSA) is 69.2 Å². The van der Waals surface area contributed by atoms with Crippen molar-refractivity contribution in [3.63, 3.8) is 0 Å². The SMILES string of the molecule is COc1ccc(C(=O)NN=Cc2cccc(OC)c2OCc2ccc(Cl)cc2)cc1. The van der Waals surface area contributed by atoms with Gasteiger partial charge in [0.25, 0.3) is 5.91 Å². The lowest BCUT2D eigenvalue weighted by Crippen LogP contribution is -2.17. The highest BCUT2D eigenvalue weighted by Gasteiger charge is 2.10. The second-order valence-electron chi connectivity index (χ2n) is 6.22. The van der Waals surface area contributed by atoms with Crippen molar-refractivity contribution in [2.45, 2.75) is 6.61 Å². The van der Waals surface area contributed by atoms with Gasteiger partial charge in [-0.05, 0) is 54.1 Å². The summed E-state index contributed by atoms with van der Waals surface area (Å²) in [5, 5.41) is 4.72. The number of carbonyl (C=O) groups excluding carboxylic acids is 1. The normalized spacial score (nSPS) is 10.6. The first-order valence-corrected chi connectivity index (χ1v) is 9.50. The van der Waals surface area contributed by atoms with E-state index >= 15 is 0 Å². The Morgan fingerprint density at radius 1 is 1.00 bits per heavy atom. The van der Waals surface area contributed by atoms with Crippen LogP contribution in [-0.4, -0.2) is 26.3 Å². The minimum absolute atomic E-state index is 0.330. The third-order valence-corrected chi connectivity index (χ3v) is 4.50. The molecule has 1 N–H and O–H groups in total. The van der Waals surface area contributed by atoms with Crippen LogP contribution in [-0.2, 0) is 6.61 Å². The van der Waals surface area contributed by atoms with Gasteiger partial charge in [-0.25, -0.2) is 5.43 Å². The van der Waals surface area contributed by atoms with Gasteiger partial charge in [0.15, 0.2) is 11.5 Å². The maximum Gasteiger partial charge on any atom is 0.271 e. The molecule has 0 aliphatic heterocycles. The van der Waals surface area contributed by atoms with Gasteiger partial charge in [-0.3, -0.25) is 4.79 Å². The van der Waals surface area contributed by atoms with Crippen LogP contribution < -0.4 is 19.6 Å². The Bertz CT molecular complexity index is 1020. The molecule has 0 aliphatic carbocycles. The summed E-state index contributed by atoms with van der Waals surface area (Å²) in [6.45, 7) is 0.330. The summed E-state index contributed by atoms with van der Waals surface area (Å²) in [4.78, 5) is 12.2. The summed E-state index contributed by atoms with van der Waals surface area (Å²) in [5.41, 5.74) is 4.60. The second kappa shape index (κ2) is 10.3. The number of benzene rings is 3. The van der Waals surface area contributed by atoms with Crippen LogP contribution in [0.15, 0.2) is 71.8 Å². The van der Waals surface area contributed by atoms with Crippen molar-refractivity contribution in [3.05, 3.63) is 88.4 Å². The van der Waals surface area contributed by atoms with E-state index in [1.165, 1.54) is 6.21 Å². The van der Waals surface area contributed by atoms with Gasteiger partial charge in [0.2, 0.25) is 0 Å². The molecule has 154 valence electrons. The van der Waals surface area contributed by atoms with Gasteiger partial charge < -0.3 is 14.2 Å².